The first-order valence-corrected chi connectivity index (χ1v) is 6.33. The lowest BCUT2D eigenvalue weighted by atomic mass is 10.1. The number of carbonyl (C=O) groups is 1. The zero-order valence-electron chi connectivity index (χ0n) is 11.9. The molecule has 0 radical (unpaired) electrons. The topological polar surface area (TPSA) is 38.8 Å². The first kappa shape index (κ1) is 14.3. The zero-order chi connectivity index (χ0) is 13.3. The standard InChI is InChI=1S/C13H25NO3/c1-7-8-10-9-16-13(5,6)14(10)11(15)17-12(2,3)4/h10H,7-9H2,1-6H3/t10-/m0/s1. The third kappa shape index (κ3) is 3.60. The summed E-state index contributed by atoms with van der Waals surface area (Å²) in [5.74, 6) is 0. The highest BCUT2D eigenvalue weighted by atomic mass is 16.6. The average Bonchev–Trinajstić information content (AvgIpc) is 2.39. The Morgan fingerprint density at radius 1 is 1.47 bits per heavy atom. The summed E-state index contributed by atoms with van der Waals surface area (Å²) in [6.45, 7) is 12.2. The van der Waals surface area contributed by atoms with Crippen molar-refractivity contribution in [3.8, 4) is 0 Å². The number of hydrogen-bond acceptors (Lipinski definition) is 3. The molecule has 17 heavy (non-hydrogen) atoms. The normalized spacial score (nSPS) is 23.9. The van der Waals surface area contributed by atoms with Gasteiger partial charge in [-0.25, -0.2) is 4.79 Å². The van der Waals surface area contributed by atoms with Gasteiger partial charge in [-0.05, 0) is 41.0 Å². The van der Waals surface area contributed by atoms with Crippen LogP contribution in [0.3, 0.4) is 0 Å². The van der Waals surface area contributed by atoms with Crippen LogP contribution in [0.15, 0.2) is 0 Å². The van der Waals surface area contributed by atoms with Gasteiger partial charge in [-0.1, -0.05) is 13.3 Å². The van der Waals surface area contributed by atoms with Crippen molar-refractivity contribution in [1.29, 1.82) is 0 Å². The smallest absolute Gasteiger partial charge is 0.412 e. The molecule has 1 heterocycles. The van der Waals surface area contributed by atoms with Gasteiger partial charge in [0.2, 0.25) is 0 Å². The number of carbonyl (C=O) groups excluding carboxylic acids is 1. The van der Waals surface area contributed by atoms with Crippen molar-refractivity contribution in [1.82, 2.24) is 4.90 Å². The van der Waals surface area contributed by atoms with E-state index in [4.69, 9.17) is 9.47 Å². The largest absolute Gasteiger partial charge is 0.444 e. The molecule has 0 saturated carbocycles. The van der Waals surface area contributed by atoms with Gasteiger partial charge in [0.15, 0.2) is 0 Å². The predicted octanol–water partition coefficient (Wildman–Crippen LogP) is 3.16. The highest BCUT2D eigenvalue weighted by molar-refractivity contribution is 5.69. The van der Waals surface area contributed by atoms with Gasteiger partial charge < -0.3 is 9.47 Å². The van der Waals surface area contributed by atoms with Crippen molar-refractivity contribution in [2.45, 2.75) is 71.8 Å². The number of rotatable bonds is 2. The molecule has 1 aliphatic heterocycles. The maximum atomic E-state index is 12.2. The third-order valence-electron chi connectivity index (χ3n) is 2.79. The summed E-state index contributed by atoms with van der Waals surface area (Å²) in [7, 11) is 0. The third-order valence-corrected chi connectivity index (χ3v) is 2.79. The minimum absolute atomic E-state index is 0.129. The number of amides is 1. The van der Waals surface area contributed by atoms with Crippen LogP contribution in [-0.2, 0) is 9.47 Å². The van der Waals surface area contributed by atoms with E-state index in [1.807, 2.05) is 34.6 Å². The lowest BCUT2D eigenvalue weighted by Crippen LogP contribution is -2.49. The van der Waals surface area contributed by atoms with E-state index in [9.17, 15) is 4.79 Å². The lowest BCUT2D eigenvalue weighted by Gasteiger charge is -2.35. The maximum Gasteiger partial charge on any atom is 0.412 e. The molecule has 1 rings (SSSR count). The molecule has 0 bridgehead atoms. The highest BCUT2D eigenvalue weighted by Gasteiger charge is 2.45. The quantitative estimate of drug-likeness (QED) is 0.747. The van der Waals surface area contributed by atoms with Crippen molar-refractivity contribution in [2.75, 3.05) is 6.61 Å². The van der Waals surface area contributed by atoms with Crippen LogP contribution in [0.1, 0.15) is 54.4 Å². The summed E-state index contributed by atoms with van der Waals surface area (Å²) in [5, 5.41) is 0. The second-order valence-electron chi connectivity index (χ2n) is 6.05. The van der Waals surface area contributed by atoms with E-state index in [1.165, 1.54) is 0 Å². The molecule has 4 heteroatoms. The van der Waals surface area contributed by atoms with Crippen LogP contribution in [0.4, 0.5) is 4.79 Å². The summed E-state index contributed by atoms with van der Waals surface area (Å²) in [6, 6.07) is 0.129. The second kappa shape index (κ2) is 4.84. The van der Waals surface area contributed by atoms with Crippen molar-refractivity contribution >= 4 is 6.09 Å². The maximum absolute atomic E-state index is 12.2. The Hall–Kier alpha value is -0.770. The molecule has 0 aliphatic carbocycles. The van der Waals surface area contributed by atoms with Crippen LogP contribution in [0, 0.1) is 0 Å². The molecule has 1 saturated heterocycles. The number of ether oxygens (including phenoxy) is 2. The monoisotopic (exact) mass is 243 g/mol. The molecule has 0 aromatic rings. The second-order valence-corrected chi connectivity index (χ2v) is 6.05. The fraction of sp³-hybridized carbons (Fsp3) is 0.923. The van der Waals surface area contributed by atoms with Crippen molar-refractivity contribution in [3.63, 3.8) is 0 Å². The van der Waals surface area contributed by atoms with Crippen molar-refractivity contribution in [3.05, 3.63) is 0 Å². The van der Waals surface area contributed by atoms with E-state index in [0.29, 0.717) is 6.61 Å². The molecular weight excluding hydrogens is 218 g/mol. The SMILES string of the molecule is CCC[C@H]1COC(C)(C)N1C(=O)OC(C)(C)C. The summed E-state index contributed by atoms with van der Waals surface area (Å²) in [4.78, 5) is 13.9. The van der Waals surface area contributed by atoms with Gasteiger partial charge in [-0.2, -0.15) is 0 Å². The van der Waals surface area contributed by atoms with E-state index >= 15 is 0 Å². The molecule has 1 fully saturated rings. The molecule has 1 aliphatic rings. The molecule has 1 atom stereocenters. The van der Waals surface area contributed by atoms with Crippen molar-refractivity contribution < 1.29 is 14.3 Å². The number of hydrogen-bond donors (Lipinski definition) is 0. The molecule has 1 amide bonds. The summed E-state index contributed by atoms with van der Waals surface area (Å²) in [5.41, 5.74) is -1.03. The Morgan fingerprint density at radius 2 is 2.06 bits per heavy atom. The van der Waals surface area contributed by atoms with E-state index in [2.05, 4.69) is 6.92 Å². The van der Waals surface area contributed by atoms with Crippen LogP contribution < -0.4 is 0 Å². The Labute approximate surface area is 104 Å². The fourth-order valence-corrected chi connectivity index (χ4v) is 2.11. The van der Waals surface area contributed by atoms with Gasteiger partial charge in [0.1, 0.15) is 11.3 Å². The molecule has 0 N–H and O–H groups in total. The summed E-state index contributed by atoms with van der Waals surface area (Å²) < 4.78 is 11.1. The van der Waals surface area contributed by atoms with E-state index < -0.39 is 11.3 Å². The molecule has 0 aromatic heterocycles. The Bertz CT molecular complexity index is 281. The van der Waals surface area contributed by atoms with Gasteiger partial charge in [0.05, 0.1) is 12.6 Å². The summed E-state index contributed by atoms with van der Waals surface area (Å²) in [6.07, 6.45) is 1.70. The van der Waals surface area contributed by atoms with Gasteiger partial charge in [-0.15, -0.1) is 0 Å². The molecular formula is C13H25NO3. The minimum Gasteiger partial charge on any atom is -0.444 e. The van der Waals surface area contributed by atoms with E-state index in [1.54, 1.807) is 4.90 Å². The van der Waals surface area contributed by atoms with Crippen molar-refractivity contribution in [2.24, 2.45) is 0 Å². The van der Waals surface area contributed by atoms with Crippen LogP contribution in [0.2, 0.25) is 0 Å². The Balaban J connectivity index is 2.79. The first-order chi connectivity index (χ1) is 7.67. The first-order valence-electron chi connectivity index (χ1n) is 6.33. The van der Waals surface area contributed by atoms with Gasteiger partial charge >= 0.3 is 6.09 Å². The highest BCUT2D eigenvalue weighted by Crippen LogP contribution is 2.31. The van der Waals surface area contributed by atoms with E-state index in [-0.39, 0.29) is 12.1 Å². The summed E-state index contributed by atoms with van der Waals surface area (Å²) >= 11 is 0. The van der Waals surface area contributed by atoms with Gasteiger partial charge in [0.25, 0.3) is 0 Å². The molecule has 100 valence electrons. The van der Waals surface area contributed by atoms with Crippen LogP contribution in [-0.4, -0.2) is 35.0 Å². The van der Waals surface area contributed by atoms with Crippen LogP contribution >= 0.6 is 0 Å². The van der Waals surface area contributed by atoms with Gasteiger partial charge in [-0.3, -0.25) is 4.90 Å². The predicted molar refractivity (Wildman–Crippen MR) is 66.8 cm³/mol. The van der Waals surface area contributed by atoms with Crippen LogP contribution in [0.25, 0.3) is 0 Å². The molecule has 0 spiro atoms. The fourth-order valence-electron chi connectivity index (χ4n) is 2.11. The van der Waals surface area contributed by atoms with Crippen LogP contribution in [0.5, 0.6) is 0 Å². The molecule has 4 nitrogen and oxygen atoms in total. The number of nitrogens with zero attached hydrogens (tertiary/aromatic N) is 1. The minimum atomic E-state index is -0.567. The van der Waals surface area contributed by atoms with E-state index in [0.717, 1.165) is 12.8 Å². The molecule has 0 unspecified atom stereocenters. The Kier molecular flexibility index (Phi) is 4.07. The Morgan fingerprint density at radius 3 is 2.53 bits per heavy atom. The van der Waals surface area contributed by atoms with Gasteiger partial charge in [0, 0.05) is 0 Å². The average molecular weight is 243 g/mol. The molecule has 0 aromatic carbocycles. The lowest BCUT2D eigenvalue weighted by molar-refractivity contribution is -0.0626. The zero-order valence-corrected chi connectivity index (χ0v) is 11.9.